The van der Waals surface area contributed by atoms with Gasteiger partial charge in [0.15, 0.2) is 0 Å². The summed E-state index contributed by atoms with van der Waals surface area (Å²) in [7, 11) is 0. The van der Waals surface area contributed by atoms with Crippen LogP contribution in [0.2, 0.25) is 0 Å². The van der Waals surface area contributed by atoms with Gasteiger partial charge < -0.3 is 4.74 Å². The fourth-order valence-electron chi connectivity index (χ4n) is 3.59. The molecule has 0 amide bonds. The van der Waals surface area contributed by atoms with Crippen LogP contribution in [0.4, 0.5) is 0 Å². The fraction of sp³-hybridized carbons (Fsp3) is 0.154. The van der Waals surface area contributed by atoms with E-state index in [4.69, 9.17) is 4.74 Å². The Morgan fingerprint density at radius 2 is 1.80 bits per heavy atom. The van der Waals surface area contributed by atoms with Gasteiger partial charge in [0.05, 0.1) is 28.6 Å². The minimum absolute atomic E-state index is 0.238. The number of benzene rings is 3. The molecular formula is C26H22N2OS. The lowest BCUT2D eigenvalue weighted by molar-refractivity contribution is 0.0689. The van der Waals surface area contributed by atoms with Gasteiger partial charge in [-0.25, -0.2) is 0 Å². The third-order valence-corrected chi connectivity index (χ3v) is 5.94. The molecule has 1 aromatic heterocycles. The van der Waals surface area contributed by atoms with Gasteiger partial charge in [0, 0.05) is 11.8 Å². The molecule has 0 saturated heterocycles. The van der Waals surface area contributed by atoms with Crippen molar-refractivity contribution >= 4 is 11.3 Å². The summed E-state index contributed by atoms with van der Waals surface area (Å²) in [4.78, 5) is 5.30. The summed E-state index contributed by atoms with van der Waals surface area (Å²) in [6.07, 6.45) is 2.53. The minimum atomic E-state index is -0.238. The molecule has 0 bridgehead atoms. The van der Waals surface area contributed by atoms with Gasteiger partial charge in [0.2, 0.25) is 0 Å². The van der Waals surface area contributed by atoms with E-state index in [9.17, 15) is 5.26 Å². The summed E-state index contributed by atoms with van der Waals surface area (Å²) in [6.45, 7) is 2.64. The molecule has 0 fully saturated rings. The summed E-state index contributed by atoms with van der Waals surface area (Å²) in [5, 5.41) is 9.72. The van der Waals surface area contributed by atoms with Crippen LogP contribution in [0.25, 0.3) is 11.1 Å². The van der Waals surface area contributed by atoms with Gasteiger partial charge in [0.1, 0.15) is 6.10 Å². The van der Waals surface area contributed by atoms with Crippen LogP contribution in [0.15, 0.2) is 84.5 Å². The van der Waals surface area contributed by atoms with Crippen molar-refractivity contribution in [3.05, 3.63) is 112 Å². The third kappa shape index (κ3) is 4.33. The van der Waals surface area contributed by atoms with E-state index >= 15 is 0 Å². The molecule has 30 heavy (non-hydrogen) atoms. The van der Waals surface area contributed by atoms with Crippen LogP contribution >= 0.6 is 11.3 Å². The summed E-state index contributed by atoms with van der Waals surface area (Å²) in [6, 6.07) is 26.8. The van der Waals surface area contributed by atoms with Crippen molar-refractivity contribution in [2.24, 2.45) is 0 Å². The van der Waals surface area contributed by atoms with E-state index in [1.165, 1.54) is 5.56 Å². The first kappa shape index (κ1) is 20.0. The molecule has 1 unspecified atom stereocenters. The highest BCUT2D eigenvalue weighted by Crippen LogP contribution is 2.35. The van der Waals surface area contributed by atoms with Crippen LogP contribution in [0.1, 0.15) is 40.2 Å². The van der Waals surface area contributed by atoms with Crippen LogP contribution in [0.5, 0.6) is 0 Å². The molecule has 0 aliphatic carbocycles. The Morgan fingerprint density at radius 3 is 2.53 bits per heavy atom. The lowest BCUT2D eigenvalue weighted by Crippen LogP contribution is -2.06. The Kier molecular flexibility index (Phi) is 6.34. The molecule has 0 N–H and O–H groups in total. The summed E-state index contributed by atoms with van der Waals surface area (Å²) in [5.74, 6) is 0. The van der Waals surface area contributed by atoms with Gasteiger partial charge in [-0.1, -0.05) is 67.6 Å². The van der Waals surface area contributed by atoms with Crippen LogP contribution in [-0.2, 0) is 17.8 Å². The van der Waals surface area contributed by atoms with E-state index < -0.39 is 0 Å². The Balaban J connectivity index is 1.75. The fourth-order valence-corrected chi connectivity index (χ4v) is 4.28. The molecule has 4 heteroatoms. The normalized spacial score (nSPS) is 11.7. The van der Waals surface area contributed by atoms with Crippen molar-refractivity contribution < 1.29 is 4.74 Å². The molecule has 3 aromatic carbocycles. The Labute approximate surface area is 181 Å². The third-order valence-electron chi connectivity index (χ3n) is 5.12. The van der Waals surface area contributed by atoms with E-state index in [2.05, 4.69) is 48.3 Å². The second-order valence-corrected chi connectivity index (χ2v) is 7.93. The number of nitriles is 1. The van der Waals surface area contributed by atoms with E-state index in [0.29, 0.717) is 12.2 Å². The Morgan fingerprint density at radius 1 is 1.00 bits per heavy atom. The topological polar surface area (TPSA) is 45.9 Å². The van der Waals surface area contributed by atoms with Gasteiger partial charge in [-0.05, 0) is 40.8 Å². The van der Waals surface area contributed by atoms with Crippen molar-refractivity contribution in [3.63, 3.8) is 0 Å². The highest BCUT2D eigenvalue weighted by Gasteiger charge is 2.19. The number of rotatable bonds is 7. The van der Waals surface area contributed by atoms with Crippen molar-refractivity contribution in [3.8, 4) is 17.2 Å². The van der Waals surface area contributed by atoms with Gasteiger partial charge in [0.25, 0.3) is 0 Å². The smallest absolute Gasteiger partial charge is 0.119 e. The molecule has 0 aliphatic rings. The van der Waals surface area contributed by atoms with Gasteiger partial charge in [-0.15, -0.1) is 11.3 Å². The molecule has 0 aliphatic heterocycles. The zero-order valence-corrected chi connectivity index (χ0v) is 17.6. The lowest BCUT2D eigenvalue weighted by atomic mass is 9.92. The van der Waals surface area contributed by atoms with E-state index in [1.54, 1.807) is 11.3 Å². The number of aromatic nitrogens is 1. The summed E-state index contributed by atoms with van der Waals surface area (Å²) in [5.41, 5.74) is 7.92. The first-order valence-corrected chi connectivity index (χ1v) is 10.8. The van der Waals surface area contributed by atoms with Crippen LogP contribution in [-0.4, -0.2) is 4.98 Å². The maximum absolute atomic E-state index is 9.72. The second kappa shape index (κ2) is 9.49. The summed E-state index contributed by atoms with van der Waals surface area (Å²) >= 11 is 1.58. The molecule has 0 saturated carbocycles. The molecule has 3 nitrogen and oxygen atoms in total. The van der Waals surface area contributed by atoms with Gasteiger partial charge in [-0.3, -0.25) is 4.98 Å². The lowest BCUT2D eigenvalue weighted by Gasteiger charge is -2.19. The predicted molar refractivity (Wildman–Crippen MR) is 121 cm³/mol. The number of ether oxygens (including phenoxy) is 1. The van der Waals surface area contributed by atoms with Crippen LogP contribution in [0, 0.1) is 11.3 Å². The van der Waals surface area contributed by atoms with E-state index in [-0.39, 0.29) is 6.10 Å². The largest absolute Gasteiger partial charge is 0.363 e. The first-order valence-electron chi connectivity index (χ1n) is 9.96. The molecule has 1 atom stereocenters. The number of aryl methyl sites for hydroxylation is 1. The first-order chi connectivity index (χ1) is 14.8. The minimum Gasteiger partial charge on any atom is -0.363 e. The van der Waals surface area contributed by atoms with E-state index in [1.807, 2.05) is 54.2 Å². The number of thiazole rings is 1. The van der Waals surface area contributed by atoms with Crippen molar-refractivity contribution in [2.75, 3.05) is 0 Å². The number of nitrogens with zero attached hydrogens (tertiary/aromatic N) is 2. The van der Waals surface area contributed by atoms with Gasteiger partial charge >= 0.3 is 0 Å². The molecule has 4 rings (SSSR count). The number of hydrogen-bond acceptors (Lipinski definition) is 4. The SMILES string of the molecule is CCc1ccccc1-c1cc(C(OCc2ccccc2)c2cncs2)ccc1C#N. The average Bonchev–Trinajstić information content (AvgIpc) is 3.34. The highest BCUT2D eigenvalue weighted by molar-refractivity contribution is 7.09. The average molecular weight is 411 g/mol. The zero-order valence-electron chi connectivity index (χ0n) is 16.8. The molecule has 0 radical (unpaired) electrons. The van der Waals surface area contributed by atoms with E-state index in [0.717, 1.165) is 33.6 Å². The Hall–Kier alpha value is -3.26. The second-order valence-electron chi connectivity index (χ2n) is 7.01. The zero-order chi connectivity index (χ0) is 20.8. The Bertz CT molecular complexity index is 1150. The maximum Gasteiger partial charge on any atom is 0.119 e. The highest BCUT2D eigenvalue weighted by atomic mass is 32.1. The van der Waals surface area contributed by atoms with Crippen LogP contribution < -0.4 is 0 Å². The standard InChI is InChI=1S/C26H22N2OS/c1-2-20-10-6-7-11-23(20)24-14-21(12-13-22(24)15-27)26(25-16-28-18-30-25)29-17-19-8-4-3-5-9-19/h3-14,16,18,26H,2,17H2,1H3. The molecule has 148 valence electrons. The van der Waals surface area contributed by atoms with Gasteiger partial charge in [-0.2, -0.15) is 5.26 Å². The van der Waals surface area contributed by atoms with Crippen molar-refractivity contribution in [1.82, 2.24) is 4.98 Å². The monoisotopic (exact) mass is 410 g/mol. The predicted octanol–water partition coefficient (Wildman–Crippen LogP) is 6.55. The van der Waals surface area contributed by atoms with Crippen molar-refractivity contribution in [2.45, 2.75) is 26.1 Å². The number of hydrogen-bond donors (Lipinski definition) is 0. The van der Waals surface area contributed by atoms with Crippen LogP contribution in [0.3, 0.4) is 0 Å². The van der Waals surface area contributed by atoms with Crippen molar-refractivity contribution in [1.29, 1.82) is 5.26 Å². The quantitative estimate of drug-likeness (QED) is 0.347. The summed E-state index contributed by atoms with van der Waals surface area (Å²) < 4.78 is 6.37. The molecule has 1 heterocycles. The molecule has 4 aromatic rings. The molecular weight excluding hydrogens is 388 g/mol. The maximum atomic E-state index is 9.72. The molecule has 0 spiro atoms.